The van der Waals surface area contributed by atoms with Gasteiger partial charge in [-0.3, -0.25) is 4.90 Å². The molecule has 1 atom stereocenters. The first-order valence-electron chi connectivity index (χ1n) is 8.08. The monoisotopic (exact) mass is 319 g/mol. The molecule has 1 amide bonds. The molecule has 0 aliphatic heterocycles. The van der Waals surface area contributed by atoms with Crippen molar-refractivity contribution in [1.29, 1.82) is 0 Å². The van der Waals surface area contributed by atoms with Crippen molar-refractivity contribution in [3.05, 3.63) is 35.9 Å². The summed E-state index contributed by atoms with van der Waals surface area (Å²) in [6.45, 7) is 5.40. The minimum absolute atomic E-state index is 0.141. The van der Waals surface area contributed by atoms with Crippen molar-refractivity contribution in [1.82, 2.24) is 4.90 Å². The van der Waals surface area contributed by atoms with Crippen molar-refractivity contribution < 1.29 is 19.4 Å². The number of ether oxygens (including phenoxy) is 1. The lowest BCUT2D eigenvalue weighted by Crippen LogP contribution is -2.58. The highest BCUT2D eigenvalue weighted by Gasteiger charge is 2.47. The van der Waals surface area contributed by atoms with Gasteiger partial charge in [-0.25, -0.2) is 9.59 Å². The SMILES string of the molecule is CC(C)N(C(=O)OCc1ccccc1)C(C)(CC1CC1)C(=O)O. The van der Waals surface area contributed by atoms with Gasteiger partial charge in [0, 0.05) is 6.04 Å². The van der Waals surface area contributed by atoms with E-state index in [0.29, 0.717) is 12.3 Å². The van der Waals surface area contributed by atoms with Crippen LogP contribution in [-0.2, 0) is 16.1 Å². The van der Waals surface area contributed by atoms with E-state index in [1.807, 2.05) is 44.2 Å². The fourth-order valence-electron chi connectivity index (χ4n) is 2.94. The lowest BCUT2D eigenvalue weighted by molar-refractivity contribution is -0.151. The maximum absolute atomic E-state index is 12.6. The first-order valence-corrected chi connectivity index (χ1v) is 8.08. The van der Waals surface area contributed by atoms with Crippen molar-refractivity contribution in [2.75, 3.05) is 0 Å². The van der Waals surface area contributed by atoms with Gasteiger partial charge in [-0.05, 0) is 38.7 Å². The van der Waals surface area contributed by atoms with Crippen LogP contribution in [0.4, 0.5) is 4.79 Å². The number of carboxylic acid groups (broad SMARTS) is 1. The van der Waals surface area contributed by atoms with Crippen molar-refractivity contribution in [2.45, 2.75) is 58.2 Å². The average molecular weight is 319 g/mol. The molecule has 2 rings (SSSR count). The van der Waals surface area contributed by atoms with Crippen molar-refractivity contribution in [3.63, 3.8) is 0 Å². The predicted octanol–water partition coefficient (Wildman–Crippen LogP) is 3.68. The Balaban J connectivity index is 2.11. The number of hydrogen-bond donors (Lipinski definition) is 1. The van der Waals surface area contributed by atoms with Gasteiger partial charge in [-0.2, -0.15) is 0 Å². The molecule has 0 radical (unpaired) electrons. The molecule has 5 nitrogen and oxygen atoms in total. The second-order valence-electron chi connectivity index (χ2n) is 6.73. The molecule has 1 N–H and O–H groups in total. The Kier molecular flexibility index (Phi) is 5.29. The Morgan fingerprint density at radius 2 is 1.91 bits per heavy atom. The zero-order valence-electron chi connectivity index (χ0n) is 14.0. The number of carboxylic acids is 1. The summed E-state index contributed by atoms with van der Waals surface area (Å²) in [6, 6.07) is 9.12. The molecule has 23 heavy (non-hydrogen) atoms. The lowest BCUT2D eigenvalue weighted by Gasteiger charge is -2.40. The number of nitrogens with zero attached hydrogens (tertiary/aromatic N) is 1. The van der Waals surface area contributed by atoms with E-state index in [1.54, 1.807) is 6.92 Å². The van der Waals surface area contributed by atoms with E-state index >= 15 is 0 Å². The minimum atomic E-state index is -1.23. The Bertz CT molecular complexity index is 553. The summed E-state index contributed by atoms with van der Waals surface area (Å²) in [7, 11) is 0. The van der Waals surface area contributed by atoms with E-state index in [9.17, 15) is 14.7 Å². The van der Waals surface area contributed by atoms with E-state index in [4.69, 9.17) is 4.74 Å². The summed E-state index contributed by atoms with van der Waals surface area (Å²) in [4.78, 5) is 25.8. The molecular weight excluding hydrogens is 294 g/mol. The van der Waals surface area contributed by atoms with Gasteiger partial charge in [0.15, 0.2) is 0 Å². The van der Waals surface area contributed by atoms with Crippen molar-refractivity contribution >= 4 is 12.1 Å². The Labute approximate surface area is 137 Å². The van der Waals surface area contributed by atoms with Crippen LogP contribution >= 0.6 is 0 Å². The minimum Gasteiger partial charge on any atom is -0.480 e. The molecule has 0 saturated heterocycles. The number of aliphatic carboxylic acids is 1. The number of benzene rings is 1. The smallest absolute Gasteiger partial charge is 0.411 e. The van der Waals surface area contributed by atoms with Crippen molar-refractivity contribution in [2.24, 2.45) is 5.92 Å². The molecule has 1 aliphatic rings. The molecule has 0 aromatic heterocycles. The van der Waals surface area contributed by atoms with Crippen LogP contribution in [0.2, 0.25) is 0 Å². The zero-order valence-corrected chi connectivity index (χ0v) is 14.0. The summed E-state index contributed by atoms with van der Waals surface area (Å²) in [5, 5.41) is 9.71. The molecule has 0 spiro atoms. The maximum Gasteiger partial charge on any atom is 0.411 e. The molecule has 1 aliphatic carbocycles. The Hall–Kier alpha value is -2.04. The van der Waals surface area contributed by atoms with Gasteiger partial charge in [0.05, 0.1) is 0 Å². The molecule has 1 unspecified atom stereocenters. The summed E-state index contributed by atoms with van der Waals surface area (Å²) in [5.74, 6) is -0.589. The van der Waals surface area contributed by atoms with Gasteiger partial charge in [-0.1, -0.05) is 43.2 Å². The van der Waals surface area contributed by atoms with Crippen LogP contribution in [0.5, 0.6) is 0 Å². The van der Waals surface area contributed by atoms with Crippen LogP contribution in [0.3, 0.4) is 0 Å². The lowest BCUT2D eigenvalue weighted by atomic mass is 9.91. The van der Waals surface area contributed by atoms with Gasteiger partial charge in [0.1, 0.15) is 12.1 Å². The van der Waals surface area contributed by atoms with E-state index in [0.717, 1.165) is 18.4 Å². The maximum atomic E-state index is 12.6. The molecule has 0 heterocycles. The third kappa shape index (κ3) is 4.24. The standard InChI is InChI=1S/C18H25NO4/c1-13(2)19(18(3,16(20)21)11-14-9-10-14)17(22)23-12-15-7-5-4-6-8-15/h4-8,13-14H,9-12H2,1-3H3,(H,20,21). The number of carbonyl (C=O) groups excluding carboxylic acids is 1. The van der Waals surface area contributed by atoms with Crippen LogP contribution in [0.15, 0.2) is 30.3 Å². The molecule has 1 saturated carbocycles. The summed E-state index contributed by atoms with van der Waals surface area (Å²) < 4.78 is 5.37. The van der Waals surface area contributed by atoms with E-state index in [2.05, 4.69) is 0 Å². The number of rotatable bonds is 7. The van der Waals surface area contributed by atoms with Crippen molar-refractivity contribution in [3.8, 4) is 0 Å². The van der Waals surface area contributed by atoms with Gasteiger partial charge < -0.3 is 9.84 Å². The van der Waals surface area contributed by atoms with Gasteiger partial charge in [0.25, 0.3) is 0 Å². The van der Waals surface area contributed by atoms with Crippen LogP contribution in [0.1, 0.15) is 45.6 Å². The third-order valence-corrected chi connectivity index (χ3v) is 4.29. The largest absolute Gasteiger partial charge is 0.480 e. The molecule has 1 fully saturated rings. The summed E-state index contributed by atoms with van der Waals surface area (Å²) in [6.07, 6.45) is 1.97. The molecule has 0 bridgehead atoms. The van der Waals surface area contributed by atoms with Crippen LogP contribution < -0.4 is 0 Å². The predicted molar refractivity (Wildman–Crippen MR) is 87.0 cm³/mol. The number of carbonyl (C=O) groups is 2. The van der Waals surface area contributed by atoms with Gasteiger partial charge >= 0.3 is 12.1 Å². The van der Waals surface area contributed by atoms with Crippen LogP contribution in [0, 0.1) is 5.92 Å². The highest BCUT2D eigenvalue weighted by Crippen LogP contribution is 2.40. The van der Waals surface area contributed by atoms with Gasteiger partial charge in [-0.15, -0.1) is 0 Å². The molecule has 1 aromatic carbocycles. The number of hydrogen-bond acceptors (Lipinski definition) is 3. The Morgan fingerprint density at radius 3 is 2.39 bits per heavy atom. The topological polar surface area (TPSA) is 66.8 Å². The van der Waals surface area contributed by atoms with Gasteiger partial charge in [0.2, 0.25) is 0 Å². The van der Waals surface area contributed by atoms with E-state index in [-0.39, 0.29) is 12.6 Å². The normalized spacial score (nSPS) is 16.7. The average Bonchev–Trinajstić information content (AvgIpc) is 3.29. The molecule has 126 valence electrons. The van der Waals surface area contributed by atoms with E-state index < -0.39 is 17.6 Å². The molecule has 1 aromatic rings. The fourth-order valence-corrected chi connectivity index (χ4v) is 2.94. The first kappa shape index (κ1) is 17.3. The summed E-state index contributed by atoms with van der Waals surface area (Å²) in [5.41, 5.74) is -0.355. The molecular formula is C18H25NO4. The second kappa shape index (κ2) is 7.02. The highest BCUT2D eigenvalue weighted by atomic mass is 16.6. The van der Waals surface area contributed by atoms with E-state index in [1.165, 1.54) is 4.90 Å². The highest BCUT2D eigenvalue weighted by molar-refractivity contribution is 5.84. The summed E-state index contributed by atoms with van der Waals surface area (Å²) >= 11 is 0. The third-order valence-electron chi connectivity index (χ3n) is 4.29. The Morgan fingerprint density at radius 1 is 1.30 bits per heavy atom. The van der Waals surface area contributed by atoms with Crippen LogP contribution in [0.25, 0.3) is 0 Å². The second-order valence-corrected chi connectivity index (χ2v) is 6.73. The first-order chi connectivity index (χ1) is 10.8. The molecule has 5 heteroatoms. The quantitative estimate of drug-likeness (QED) is 0.832. The van der Waals surface area contributed by atoms with Crippen LogP contribution in [-0.4, -0.2) is 33.6 Å². The number of amides is 1. The zero-order chi connectivity index (χ0) is 17.0. The fraction of sp³-hybridized carbons (Fsp3) is 0.556.